The van der Waals surface area contributed by atoms with Gasteiger partial charge in [-0.3, -0.25) is 4.72 Å². The first-order chi connectivity index (χ1) is 11.1. The fraction of sp³-hybridized carbons (Fsp3) is 0.0588. The maximum absolute atomic E-state index is 12.5. The maximum Gasteiger partial charge on any atom is 0.261 e. The molecule has 0 unspecified atom stereocenters. The number of hydrogen-bond donors (Lipinski definition) is 2. The molecular formula is C17H16N2O3S. The molecule has 3 aromatic rings. The molecule has 0 atom stereocenters. The molecule has 1 heterocycles. The highest BCUT2D eigenvalue weighted by Crippen LogP contribution is 2.25. The van der Waals surface area contributed by atoms with Crippen LogP contribution in [-0.2, 0) is 16.6 Å². The minimum atomic E-state index is -3.70. The second-order valence-electron chi connectivity index (χ2n) is 5.02. The monoisotopic (exact) mass is 328 g/mol. The molecule has 6 heteroatoms. The van der Waals surface area contributed by atoms with Crippen LogP contribution in [0.5, 0.6) is 0 Å². The van der Waals surface area contributed by atoms with Crippen molar-refractivity contribution < 1.29 is 13.5 Å². The van der Waals surface area contributed by atoms with Crippen LogP contribution in [0.4, 0.5) is 5.69 Å². The summed E-state index contributed by atoms with van der Waals surface area (Å²) in [6.07, 6.45) is 3.66. The van der Waals surface area contributed by atoms with Crippen molar-refractivity contribution in [3.63, 3.8) is 0 Å². The number of rotatable bonds is 5. The van der Waals surface area contributed by atoms with Gasteiger partial charge in [-0.25, -0.2) is 8.42 Å². The maximum atomic E-state index is 12.5. The zero-order valence-electron chi connectivity index (χ0n) is 12.3. The molecule has 1 aromatic heterocycles. The average molecular weight is 328 g/mol. The minimum Gasteiger partial charge on any atom is -0.392 e. The summed E-state index contributed by atoms with van der Waals surface area (Å²) in [5.41, 5.74) is 1.73. The Morgan fingerprint density at radius 1 is 0.957 bits per heavy atom. The number of aromatic nitrogens is 1. The number of anilines is 1. The van der Waals surface area contributed by atoms with Gasteiger partial charge in [-0.1, -0.05) is 24.3 Å². The molecule has 2 N–H and O–H groups in total. The first-order valence-corrected chi connectivity index (χ1v) is 8.53. The fourth-order valence-corrected chi connectivity index (χ4v) is 3.37. The predicted octanol–water partition coefficient (Wildman–Crippen LogP) is 2.77. The standard InChI is InChI=1S/C17H16N2O3S/c20-13-14-8-9-17(19-10-4-5-11-19)16(12-14)18-23(21,22)15-6-2-1-3-7-15/h1-12,18,20H,13H2. The van der Waals surface area contributed by atoms with E-state index in [2.05, 4.69) is 4.72 Å². The van der Waals surface area contributed by atoms with Crippen molar-refractivity contribution in [3.8, 4) is 5.69 Å². The Labute approximate surface area is 134 Å². The fourth-order valence-electron chi connectivity index (χ4n) is 2.29. The summed E-state index contributed by atoms with van der Waals surface area (Å²) >= 11 is 0. The highest BCUT2D eigenvalue weighted by molar-refractivity contribution is 7.92. The van der Waals surface area contributed by atoms with Gasteiger partial charge < -0.3 is 9.67 Å². The second-order valence-corrected chi connectivity index (χ2v) is 6.70. The van der Waals surface area contributed by atoms with Crippen molar-refractivity contribution >= 4 is 15.7 Å². The molecule has 0 radical (unpaired) electrons. The molecule has 118 valence electrons. The first-order valence-electron chi connectivity index (χ1n) is 7.05. The highest BCUT2D eigenvalue weighted by atomic mass is 32.2. The Kier molecular flexibility index (Phi) is 4.18. The van der Waals surface area contributed by atoms with Crippen molar-refractivity contribution in [2.75, 3.05) is 4.72 Å². The van der Waals surface area contributed by atoms with E-state index < -0.39 is 10.0 Å². The molecular weight excluding hydrogens is 312 g/mol. The van der Waals surface area contributed by atoms with E-state index in [1.165, 1.54) is 12.1 Å². The summed E-state index contributed by atoms with van der Waals surface area (Å²) in [5, 5.41) is 9.31. The summed E-state index contributed by atoms with van der Waals surface area (Å²) in [6.45, 7) is -0.161. The largest absolute Gasteiger partial charge is 0.392 e. The summed E-state index contributed by atoms with van der Waals surface area (Å²) in [6, 6.07) is 17.1. The van der Waals surface area contributed by atoms with E-state index >= 15 is 0 Å². The molecule has 0 saturated carbocycles. The topological polar surface area (TPSA) is 71.3 Å². The van der Waals surface area contributed by atoms with E-state index in [1.54, 1.807) is 36.4 Å². The lowest BCUT2D eigenvalue weighted by atomic mass is 10.2. The normalized spacial score (nSPS) is 11.3. The van der Waals surface area contributed by atoms with E-state index in [1.807, 2.05) is 29.1 Å². The first kappa shape index (κ1) is 15.3. The summed E-state index contributed by atoms with van der Waals surface area (Å²) < 4.78 is 29.5. The number of benzene rings is 2. The molecule has 3 rings (SSSR count). The van der Waals surface area contributed by atoms with Gasteiger partial charge in [0.05, 0.1) is 22.9 Å². The van der Waals surface area contributed by atoms with Crippen molar-refractivity contribution in [1.82, 2.24) is 4.57 Å². The summed E-state index contributed by atoms with van der Waals surface area (Å²) in [7, 11) is -3.70. The van der Waals surface area contributed by atoms with Gasteiger partial charge in [0.2, 0.25) is 0 Å². The minimum absolute atomic E-state index is 0.161. The van der Waals surface area contributed by atoms with E-state index in [0.29, 0.717) is 16.9 Å². The highest BCUT2D eigenvalue weighted by Gasteiger charge is 2.16. The van der Waals surface area contributed by atoms with E-state index in [9.17, 15) is 13.5 Å². The molecule has 23 heavy (non-hydrogen) atoms. The van der Waals surface area contributed by atoms with Gasteiger partial charge in [0.1, 0.15) is 0 Å². The van der Waals surface area contributed by atoms with Crippen molar-refractivity contribution in [2.45, 2.75) is 11.5 Å². The molecule has 0 fully saturated rings. The lowest BCUT2D eigenvalue weighted by Gasteiger charge is -2.14. The molecule has 0 bridgehead atoms. The van der Waals surface area contributed by atoms with Gasteiger partial charge in [0.25, 0.3) is 10.0 Å². The Morgan fingerprint density at radius 3 is 2.30 bits per heavy atom. The van der Waals surface area contributed by atoms with Gasteiger partial charge >= 0.3 is 0 Å². The Balaban J connectivity index is 2.05. The van der Waals surface area contributed by atoms with E-state index in [-0.39, 0.29) is 11.5 Å². The van der Waals surface area contributed by atoms with Gasteiger partial charge in [-0.05, 0) is 42.0 Å². The third kappa shape index (κ3) is 3.28. The van der Waals surface area contributed by atoms with E-state index in [0.717, 1.165) is 0 Å². The number of sulfonamides is 1. The van der Waals surface area contributed by atoms with Crippen LogP contribution in [0.15, 0.2) is 78.0 Å². The summed E-state index contributed by atoms with van der Waals surface area (Å²) in [4.78, 5) is 0.188. The number of nitrogens with one attached hydrogen (secondary N) is 1. The lowest BCUT2D eigenvalue weighted by molar-refractivity contribution is 0.282. The molecule has 0 aliphatic rings. The number of aliphatic hydroxyl groups excluding tert-OH is 1. The van der Waals surface area contributed by atoms with Crippen LogP contribution in [0, 0.1) is 0 Å². The smallest absolute Gasteiger partial charge is 0.261 e. The average Bonchev–Trinajstić information content (AvgIpc) is 3.09. The van der Waals surface area contributed by atoms with Gasteiger partial charge in [-0.15, -0.1) is 0 Å². The lowest BCUT2D eigenvalue weighted by Crippen LogP contribution is -2.14. The van der Waals surface area contributed by atoms with Crippen LogP contribution in [-0.4, -0.2) is 18.1 Å². The number of nitrogens with zero attached hydrogens (tertiary/aromatic N) is 1. The van der Waals surface area contributed by atoms with Gasteiger partial charge in [0.15, 0.2) is 0 Å². The van der Waals surface area contributed by atoms with Crippen LogP contribution in [0.2, 0.25) is 0 Å². The molecule has 0 saturated heterocycles. The summed E-state index contributed by atoms with van der Waals surface area (Å²) in [5.74, 6) is 0. The molecule has 0 spiro atoms. The Bertz CT molecular complexity index is 889. The van der Waals surface area contributed by atoms with Crippen LogP contribution in [0.3, 0.4) is 0 Å². The van der Waals surface area contributed by atoms with Crippen molar-refractivity contribution in [1.29, 1.82) is 0 Å². The van der Waals surface area contributed by atoms with Crippen molar-refractivity contribution in [3.05, 3.63) is 78.6 Å². The van der Waals surface area contributed by atoms with Gasteiger partial charge in [0, 0.05) is 12.4 Å². The quantitative estimate of drug-likeness (QED) is 0.756. The zero-order valence-corrected chi connectivity index (χ0v) is 13.1. The molecule has 0 aliphatic carbocycles. The SMILES string of the molecule is O=S(=O)(Nc1cc(CO)ccc1-n1cccc1)c1ccccc1. The van der Waals surface area contributed by atoms with E-state index in [4.69, 9.17) is 0 Å². The van der Waals surface area contributed by atoms with Crippen LogP contribution in [0.25, 0.3) is 5.69 Å². The Morgan fingerprint density at radius 2 is 1.65 bits per heavy atom. The Hall–Kier alpha value is -2.57. The van der Waals surface area contributed by atoms with Crippen LogP contribution >= 0.6 is 0 Å². The zero-order chi connectivity index (χ0) is 16.3. The van der Waals surface area contributed by atoms with Crippen LogP contribution < -0.4 is 4.72 Å². The molecule has 0 amide bonds. The molecule has 2 aromatic carbocycles. The second kappa shape index (κ2) is 6.28. The molecule has 5 nitrogen and oxygen atoms in total. The third-order valence-electron chi connectivity index (χ3n) is 3.42. The van der Waals surface area contributed by atoms with Crippen molar-refractivity contribution in [2.24, 2.45) is 0 Å². The number of hydrogen-bond acceptors (Lipinski definition) is 3. The third-order valence-corrected chi connectivity index (χ3v) is 4.81. The number of aliphatic hydroxyl groups is 1. The molecule has 0 aliphatic heterocycles. The predicted molar refractivity (Wildman–Crippen MR) is 88.9 cm³/mol. The van der Waals surface area contributed by atoms with Gasteiger partial charge in [-0.2, -0.15) is 0 Å². The van der Waals surface area contributed by atoms with Crippen LogP contribution in [0.1, 0.15) is 5.56 Å².